The fourth-order valence-corrected chi connectivity index (χ4v) is 2.95. The molecular formula is C11H18O4. The summed E-state index contributed by atoms with van der Waals surface area (Å²) in [6.07, 6.45) is 4.75. The summed E-state index contributed by atoms with van der Waals surface area (Å²) in [6.45, 7) is 0.144. The van der Waals surface area contributed by atoms with Crippen molar-refractivity contribution in [2.45, 2.75) is 50.7 Å². The maximum Gasteiger partial charge on any atom is 0.312 e. The van der Waals surface area contributed by atoms with E-state index in [1.165, 1.54) is 0 Å². The minimum absolute atomic E-state index is 0.0845. The Bertz CT molecular complexity index is 253. The molecule has 2 bridgehead atoms. The molecule has 15 heavy (non-hydrogen) atoms. The van der Waals surface area contributed by atoms with Crippen LogP contribution in [-0.2, 0) is 9.53 Å². The highest BCUT2D eigenvalue weighted by atomic mass is 16.5. The number of aliphatic carboxylic acids is 1. The first-order valence-corrected chi connectivity index (χ1v) is 5.69. The monoisotopic (exact) mass is 214 g/mol. The van der Waals surface area contributed by atoms with Crippen LogP contribution in [0.25, 0.3) is 0 Å². The van der Waals surface area contributed by atoms with Gasteiger partial charge in [0.15, 0.2) is 0 Å². The molecule has 0 radical (unpaired) electrons. The lowest BCUT2D eigenvalue weighted by molar-refractivity contribution is -0.153. The third-order valence-corrected chi connectivity index (χ3v) is 3.77. The van der Waals surface area contributed by atoms with Crippen LogP contribution >= 0.6 is 0 Å². The van der Waals surface area contributed by atoms with Crippen molar-refractivity contribution in [3.63, 3.8) is 0 Å². The first-order valence-electron chi connectivity index (χ1n) is 5.69. The van der Waals surface area contributed by atoms with Crippen LogP contribution in [0.1, 0.15) is 38.5 Å². The highest BCUT2D eigenvalue weighted by Gasteiger charge is 2.56. The summed E-state index contributed by atoms with van der Waals surface area (Å²) in [5.41, 5.74) is -0.655. The van der Waals surface area contributed by atoms with Crippen molar-refractivity contribution in [1.82, 2.24) is 0 Å². The molecule has 3 atom stereocenters. The van der Waals surface area contributed by atoms with Gasteiger partial charge in [-0.25, -0.2) is 0 Å². The number of aliphatic hydroxyl groups is 1. The topological polar surface area (TPSA) is 66.8 Å². The summed E-state index contributed by atoms with van der Waals surface area (Å²) in [6, 6.07) is 0. The predicted octanol–water partition coefficient (Wildman–Crippen LogP) is 1.17. The second-order valence-electron chi connectivity index (χ2n) is 4.67. The van der Waals surface area contributed by atoms with E-state index in [1.54, 1.807) is 0 Å². The first kappa shape index (κ1) is 10.9. The number of carbonyl (C=O) groups is 1. The Morgan fingerprint density at radius 2 is 2.20 bits per heavy atom. The molecule has 4 nitrogen and oxygen atoms in total. The van der Waals surface area contributed by atoms with Gasteiger partial charge in [-0.3, -0.25) is 4.79 Å². The number of carboxylic acid groups (broad SMARTS) is 1. The number of aliphatic hydroxyl groups excluding tert-OH is 1. The van der Waals surface area contributed by atoms with Crippen LogP contribution in [-0.4, -0.2) is 35.0 Å². The third-order valence-electron chi connectivity index (χ3n) is 3.77. The molecule has 2 saturated heterocycles. The molecular weight excluding hydrogens is 196 g/mol. The average molecular weight is 214 g/mol. The molecule has 2 N–H and O–H groups in total. The number of carboxylic acids is 1. The van der Waals surface area contributed by atoms with E-state index in [0.717, 1.165) is 19.3 Å². The minimum Gasteiger partial charge on any atom is -0.481 e. The summed E-state index contributed by atoms with van der Waals surface area (Å²) < 4.78 is 5.64. The second kappa shape index (κ2) is 4.10. The average Bonchev–Trinajstić information content (AvgIpc) is 2.78. The molecule has 0 aromatic carbocycles. The van der Waals surface area contributed by atoms with Crippen molar-refractivity contribution < 1.29 is 19.7 Å². The van der Waals surface area contributed by atoms with E-state index in [4.69, 9.17) is 9.84 Å². The lowest BCUT2D eigenvalue weighted by Crippen LogP contribution is -2.40. The number of hydrogen-bond donors (Lipinski definition) is 2. The van der Waals surface area contributed by atoms with Gasteiger partial charge in [-0.05, 0) is 38.5 Å². The Kier molecular flexibility index (Phi) is 2.98. The molecule has 4 heteroatoms. The van der Waals surface area contributed by atoms with Crippen LogP contribution < -0.4 is 0 Å². The largest absolute Gasteiger partial charge is 0.481 e. The Labute approximate surface area is 89.2 Å². The smallest absolute Gasteiger partial charge is 0.312 e. The summed E-state index contributed by atoms with van der Waals surface area (Å²) in [7, 11) is 0. The molecule has 0 amide bonds. The lowest BCUT2D eigenvalue weighted by atomic mass is 9.71. The maximum absolute atomic E-state index is 11.4. The van der Waals surface area contributed by atoms with E-state index in [2.05, 4.69) is 0 Å². The first-order chi connectivity index (χ1) is 7.19. The zero-order valence-corrected chi connectivity index (χ0v) is 8.82. The predicted molar refractivity (Wildman–Crippen MR) is 53.5 cm³/mol. The zero-order valence-electron chi connectivity index (χ0n) is 8.82. The van der Waals surface area contributed by atoms with Gasteiger partial charge >= 0.3 is 5.97 Å². The summed E-state index contributed by atoms with van der Waals surface area (Å²) in [5, 5.41) is 18.1. The molecule has 0 spiro atoms. The number of rotatable bonds is 5. The third kappa shape index (κ3) is 1.76. The van der Waals surface area contributed by atoms with Gasteiger partial charge in [0.05, 0.1) is 17.6 Å². The molecule has 2 aliphatic rings. The van der Waals surface area contributed by atoms with E-state index in [9.17, 15) is 9.90 Å². The Balaban J connectivity index is 2.02. The quantitative estimate of drug-likeness (QED) is 0.674. The van der Waals surface area contributed by atoms with Gasteiger partial charge in [0.2, 0.25) is 0 Å². The number of unbranched alkanes of at least 4 members (excludes halogenated alkanes) is 1. The standard InChI is InChI=1S/C11H18O4/c12-6-2-1-5-11(10(13)14)7-8-3-4-9(11)15-8/h8-9,12H,1-7H2,(H,13,14). The van der Waals surface area contributed by atoms with Gasteiger partial charge in [0.25, 0.3) is 0 Å². The van der Waals surface area contributed by atoms with Gasteiger partial charge < -0.3 is 14.9 Å². The molecule has 2 rings (SSSR count). The van der Waals surface area contributed by atoms with Crippen LogP contribution in [0.15, 0.2) is 0 Å². The van der Waals surface area contributed by atoms with E-state index >= 15 is 0 Å². The number of ether oxygens (including phenoxy) is 1. The van der Waals surface area contributed by atoms with Crippen molar-refractivity contribution in [3.8, 4) is 0 Å². The fraction of sp³-hybridized carbons (Fsp3) is 0.909. The minimum atomic E-state index is -0.715. The van der Waals surface area contributed by atoms with E-state index < -0.39 is 11.4 Å². The summed E-state index contributed by atoms with van der Waals surface area (Å²) in [5.74, 6) is -0.715. The van der Waals surface area contributed by atoms with E-state index in [-0.39, 0.29) is 18.8 Å². The van der Waals surface area contributed by atoms with Crippen molar-refractivity contribution in [2.24, 2.45) is 5.41 Å². The number of hydrogen-bond acceptors (Lipinski definition) is 3. The highest BCUT2D eigenvalue weighted by Crippen LogP contribution is 2.50. The van der Waals surface area contributed by atoms with Gasteiger partial charge in [-0.15, -0.1) is 0 Å². The highest BCUT2D eigenvalue weighted by molar-refractivity contribution is 5.76. The molecule has 0 aliphatic carbocycles. The SMILES string of the molecule is O=C(O)C1(CCCCO)CC2CCC1O2. The van der Waals surface area contributed by atoms with Crippen molar-refractivity contribution in [1.29, 1.82) is 0 Å². The molecule has 3 unspecified atom stereocenters. The van der Waals surface area contributed by atoms with Crippen molar-refractivity contribution in [2.75, 3.05) is 6.61 Å². The molecule has 0 aromatic heterocycles. The van der Waals surface area contributed by atoms with Crippen LogP contribution in [0.2, 0.25) is 0 Å². The van der Waals surface area contributed by atoms with Crippen LogP contribution in [0.5, 0.6) is 0 Å². The molecule has 86 valence electrons. The van der Waals surface area contributed by atoms with Gasteiger partial charge in [-0.2, -0.15) is 0 Å². The molecule has 2 fully saturated rings. The van der Waals surface area contributed by atoms with E-state index in [1.807, 2.05) is 0 Å². The molecule has 0 saturated carbocycles. The van der Waals surface area contributed by atoms with Crippen LogP contribution in [0.3, 0.4) is 0 Å². The normalized spacial score (nSPS) is 38.5. The van der Waals surface area contributed by atoms with Gasteiger partial charge in [0, 0.05) is 6.61 Å². The van der Waals surface area contributed by atoms with Crippen LogP contribution in [0.4, 0.5) is 0 Å². The van der Waals surface area contributed by atoms with E-state index in [0.29, 0.717) is 19.3 Å². The Morgan fingerprint density at radius 3 is 2.67 bits per heavy atom. The van der Waals surface area contributed by atoms with Gasteiger partial charge in [-0.1, -0.05) is 0 Å². The Hall–Kier alpha value is -0.610. The van der Waals surface area contributed by atoms with Gasteiger partial charge in [0.1, 0.15) is 0 Å². The second-order valence-corrected chi connectivity index (χ2v) is 4.67. The molecule has 2 aliphatic heterocycles. The number of fused-ring (bicyclic) bond motifs is 2. The Morgan fingerprint density at radius 1 is 1.40 bits per heavy atom. The molecule has 0 aromatic rings. The lowest BCUT2D eigenvalue weighted by Gasteiger charge is -2.30. The van der Waals surface area contributed by atoms with Crippen molar-refractivity contribution >= 4 is 5.97 Å². The fourth-order valence-electron chi connectivity index (χ4n) is 2.95. The zero-order chi connectivity index (χ0) is 10.9. The summed E-state index contributed by atoms with van der Waals surface area (Å²) in [4.78, 5) is 11.4. The van der Waals surface area contributed by atoms with Crippen LogP contribution in [0, 0.1) is 5.41 Å². The molecule has 2 heterocycles. The van der Waals surface area contributed by atoms with Crippen molar-refractivity contribution in [3.05, 3.63) is 0 Å². The summed E-state index contributed by atoms with van der Waals surface area (Å²) >= 11 is 0. The maximum atomic E-state index is 11.4.